The zero-order valence-corrected chi connectivity index (χ0v) is 11.2. The van der Waals surface area contributed by atoms with Crippen LogP contribution < -0.4 is 5.32 Å². The molecule has 1 heterocycles. The molecule has 2 atom stereocenters. The number of aromatic nitrogens is 1. The fraction of sp³-hybridized carbons (Fsp3) is 0.500. The molecule has 1 aromatic heterocycles. The first-order valence-electron chi connectivity index (χ1n) is 6.17. The molecule has 1 aliphatic carbocycles. The van der Waals surface area contributed by atoms with Gasteiger partial charge >= 0.3 is 0 Å². The summed E-state index contributed by atoms with van der Waals surface area (Å²) in [4.78, 5) is 4.24. The van der Waals surface area contributed by atoms with E-state index in [1.807, 2.05) is 12.1 Å². The van der Waals surface area contributed by atoms with Gasteiger partial charge < -0.3 is 5.32 Å². The highest BCUT2D eigenvalue weighted by molar-refractivity contribution is 6.29. The van der Waals surface area contributed by atoms with Gasteiger partial charge in [0, 0.05) is 6.54 Å². The van der Waals surface area contributed by atoms with E-state index in [9.17, 15) is 0 Å². The maximum atomic E-state index is 5.85. The highest BCUT2D eigenvalue weighted by Gasteiger charge is 2.17. The van der Waals surface area contributed by atoms with Gasteiger partial charge in [0.2, 0.25) is 0 Å². The maximum Gasteiger partial charge on any atom is 0.131 e. The highest BCUT2D eigenvalue weighted by Crippen LogP contribution is 2.27. The first-order valence-corrected chi connectivity index (χ1v) is 6.55. The van der Waals surface area contributed by atoms with E-state index >= 15 is 0 Å². The van der Waals surface area contributed by atoms with Crippen molar-refractivity contribution < 1.29 is 0 Å². The molecule has 2 rings (SSSR count). The lowest BCUT2D eigenvalue weighted by atomic mass is 9.84. The molecule has 0 saturated carbocycles. The first kappa shape index (κ1) is 12.4. The Balaban J connectivity index is 1.89. The van der Waals surface area contributed by atoms with E-state index in [1.54, 1.807) is 6.07 Å². The second kappa shape index (κ2) is 5.54. The van der Waals surface area contributed by atoms with Crippen LogP contribution in [0.4, 0.5) is 5.82 Å². The Morgan fingerprint density at radius 3 is 3.00 bits per heavy atom. The quantitative estimate of drug-likeness (QED) is 0.644. The lowest BCUT2D eigenvalue weighted by molar-refractivity contribution is 0.421. The molecule has 0 spiro atoms. The molecule has 0 fully saturated rings. The van der Waals surface area contributed by atoms with Crippen molar-refractivity contribution in [1.29, 1.82) is 0 Å². The fourth-order valence-electron chi connectivity index (χ4n) is 2.60. The second-order valence-electron chi connectivity index (χ2n) is 5.02. The van der Waals surface area contributed by atoms with Gasteiger partial charge in [-0.25, -0.2) is 4.98 Å². The van der Waals surface area contributed by atoms with Crippen molar-refractivity contribution in [1.82, 2.24) is 4.98 Å². The Hall–Kier alpha value is -1.02. The van der Waals surface area contributed by atoms with E-state index in [4.69, 9.17) is 11.6 Å². The Bertz CT molecular complexity index is 414. The Morgan fingerprint density at radius 2 is 2.29 bits per heavy atom. The predicted octanol–water partition coefficient (Wildman–Crippen LogP) is 4.14. The zero-order chi connectivity index (χ0) is 12.3. The van der Waals surface area contributed by atoms with Crippen LogP contribution in [0.1, 0.15) is 26.7 Å². The molecule has 2 unspecified atom stereocenters. The Morgan fingerprint density at radius 1 is 1.47 bits per heavy atom. The normalized spacial score (nSPS) is 24.3. The van der Waals surface area contributed by atoms with Gasteiger partial charge in [-0.15, -0.1) is 0 Å². The third-order valence-corrected chi connectivity index (χ3v) is 3.38. The van der Waals surface area contributed by atoms with Crippen molar-refractivity contribution in [2.24, 2.45) is 11.8 Å². The van der Waals surface area contributed by atoms with Crippen LogP contribution in [0.15, 0.2) is 29.8 Å². The molecule has 17 heavy (non-hydrogen) atoms. The van der Waals surface area contributed by atoms with E-state index in [-0.39, 0.29) is 0 Å². The SMILES string of the molecule is CC1=CC(C)CC(CNc2cccc(Cl)n2)C1. The van der Waals surface area contributed by atoms with Gasteiger partial charge in [-0.3, -0.25) is 0 Å². The molecule has 0 radical (unpaired) electrons. The topological polar surface area (TPSA) is 24.9 Å². The van der Waals surface area contributed by atoms with E-state index in [0.717, 1.165) is 12.4 Å². The number of rotatable bonds is 3. The van der Waals surface area contributed by atoms with E-state index in [0.29, 0.717) is 17.0 Å². The second-order valence-corrected chi connectivity index (χ2v) is 5.41. The molecule has 2 nitrogen and oxygen atoms in total. The summed E-state index contributed by atoms with van der Waals surface area (Å²) in [5, 5.41) is 3.92. The monoisotopic (exact) mass is 250 g/mol. The summed E-state index contributed by atoms with van der Waals surface area (Å²) in [5.41, 5.74) is 1.51. The summed E-state index contributed by atoms with van der Waals surface area (Å²) < 4.78 is 0. The van der Waals surface area contributed by atoms with Gasteiger partial charge in [0.15, 0.2) is 0 Å². The number of hydrogen-bond acceptors (Lipinski definition) is 2. The van der Waals surface area contributed by atoms with Crippen molar-refractivity contribution >= 4 is 17.4 Å². The van der Waals surface area contributed by atoms with E-state index in [2.05, 4.69) is 30.2 Å². The zero-order valence-electron chi connectivity index (χ0n) is 10.4. The molecule has 1 N–H and O–H groups in total. The summed E-state index contributed by atoms with van der Waals surface area (Å²) >= 11 is 5.85. The van der Waals surface area contributed by atoms with Crippen molar-refractivity contribution in [3.05, 3.63) is 35.0 Å². The molecule has 0 aliphatic heterocycles. The Kier molecular flexibility index (Phi) is 4.06. The van der Waals surface area contributed by atoms with Gasteiger partial charge in [0.1, 0.15) is 11.0 Å². The Labute approximate surface area is 108 Å². The van der Waals surface area contributed by atoms with Crippen LogP contribution in [0, 0.1) is 11.8 Å². The number of allylic oxidation sites excluding steroid dienone is 2. The van der Waals surface area contributed by atoms with Crippen LogP contribution in [-0.2, 0) is 0 Å². The van der Waals surface area contributed by atoms with Crippen molar-refractivity contribution in [3.63, 3.8) is 0 Å². The lowest BCUT2D eigenvalue weighted by Crippen LogP contribution is -2.20. The third-order valence-electron chi connectivity index (χ3n) is 3.17. The molecular weight excluding hydrogens is 232 g/mol. The minimum atomic E-state index is 0.545. The van der Waals surface area contributed by atoms with Crippen molar-refractivity contribution in [2.75, 3.05) is 11.9 Å². The van der Waals surface area contributed by atoms with Crippen molar-refractivity contribution in [3.8, 4) is 0 Å². The number of nitrogens with zero attached hydrogens (tertiary/aromatic N) is 1. The summed E-state index contributed by atoms with van der Waals surface area (Å²) in [6.07, 6.45) is 4.83. The minimum Gasteiger partial charge on any atom is -0.370 e. The number of anilines is 1. The molecule has 3 heteroatoms. The number of halogens is 1. The molecule has 1 aromatic rings. The molecule has 0 saturated heterocycles. The van der Waals surface area contributed by atoms with Crippen LogP contribution in [0.3, 0.4) is 0 Å². The average molecular weight is 251 g/mol. The maximum absolute atomic E-state index is 5.85. The molecule has 0 amide bonds. The molecule has 0 bridgehead atoms. The van der Waals surface area contributed by atoms with Crippen LogP contribution in [0.2, 0.25) is 5.15 Å². The minimum absolute atomic E-state index is 0.545. The standard InChI is InChI=1S/C14H19ClN2/c1-10-6-11(2)8-12(7-10)9-16-14-5-3-4-13(15)17-14/h3-6,10,12H,7-9H2,1-2H3,(H,16,17). The van der Waals surface area contributed by atoms with Crippen LogP contribution in [0.5, 0.6) is 0 Å². The first-order chi connectivity index (χ1) is 8.13. The molecular formula is C14H19ClN2. The van der Waals surface area contributed by atoms with E-state index < -0.39 is 0 Å². The number of nitrogens with one attached hydrogen (secondary N) is 1. The van der Waals surface area contributed by atoms with Crippen LogP contribution in [0.25, 0.3) is 0 Å². The highest BCUT2D eigenvalue weighted by atomic mass is 35.5. The summed E-state index contributed by atoms with van der Waals surface area (Å²) in [7, 11) is 0. The summed E-state index contributed by atoms with van der Waals surface area (Å²) in [6, 6.07) is 5.68. The predicted molar refractivity (Wildman–Crippen MR) is 73.4 cm³/mol. The average Bonchev–Trinajstić information content (AvgIpc) is 2.25. The van der Waals surface area contributed by atoms with Gasteiger partial charge in [-0.2, -0.15) is 0 Å². The van der Waals surface area contributed by atoms with Gasteiger partial charge in [-0.05, 0) is 43.7 Å². The van der Waals surface area contributed by atoms with Gasteiger partial charge in [0.25, 0.3) is 0 Å². The van der Waals surface area contributed by atoms with Gasteiger partial charge in [-0.1, -0.05) is 36.2 Å². The van der Waals surface area contributed by atoms with Crippen molar-refractivity contribution in [2.45, 2.75) is 26.7 Å². The van der Waals surface area contributed by atoms with E-state index in [1.165, 1.54) is 18.4 Å². The summed E-state index contributed by atoms with van der Waals surface area (Å²) in [5.74, 6) is 2.27. The van der Waals surface area contributed by atoms with Gasteiger partial charge in [0.05, 0.1) is 0 Å². The molecule has 1 aliphatic rings. The van der Waals surface area contributed by atoms with Crippen LogP contribution in [-0.4, -0.2) is 11.5 Å². The lowest BCUT2D eigenvalue weighted by Gasteiger charge is -2.25. The molecule has 92 valence electrons. The fourth-order valence-corrected chi connectivity index (χ4v) is 2.76. The number of pyridine rings is 1. The van der Waals surface area contributed by atoms with Crippen LogP contribution >= 0.6 is 11.6 Å². The largest absolute Gasteiger partial charge is 0.370 e. The summed E-state index contributed by atoms with van der Waals surface area (Å²) in [6.45, 7) is 5.48. The third kappa shape index (κ3) is 3.74. The smallest absolute Gasteiger partial charge is 0.131 e. The number of hydrogen-bond donors (Lipinski definition) is 1. The molecule has 0 aromatic carbocycles.